The van der Waals surface area contributed by atoms with Crippen LogP contribution in [0.1, 0.15) is 12.5 Å². The highest BCUT2D eigenvalue weighted by Gasteiger charge is 2.17. The Hall–Kier alpha value is -3.83. The summed E-state index contributed by atoms with van der Waals surface area (Å²) in [7, 11) is 3.07. The number of rotatable bonds is 10. The third-order valence-corrected chi connectivity index (χ3v) is 4.05. The maximum Gasteiger partial charge on any atom is 0.352 e. The highest BCUT2D eigenvalue weighted by atomic mass is 16.6. The van der Waals surface area contributed by atoms with Crippen LogP contribution in [0.5, 0.6) is 17.2 Å². The molecule has 0 aromatic heterocycles. The molecule has 0 aliphatic heterocycles. The van der Waals surface area contributed by atoms with Crippen LogP contribution in [0.15, 0.2) is 54.1 Å². The first kappa shape index (κ1) is 23.4. The molecule has 2 rings (SSSR count). The highest BCUT2D eigenvalue weighted by molar-refractivity contribution is 6.01. The van der Waals surface area contributed by atoms with Crippen molar-refractivity contribution in [1.29, 1.82) is 5.26 Å². The molecule has 0 fully saturated rings. The van der Waals surface area contributed by atoms with Gasteiger partial charge in [-0.15, -0.1) is 0 Å². The van der Waals surface area contributed by atoms with Gasteiger partial charge in [0.2, 0.25) is 0 Å². The molecule has 0 bridgehead atoms. The lowest BCUT2D eigenvalue weighted by Gasteiger charge is -2.14. The molecule has 0 spiro atoms. The summed E-state index contributed by atoms with van der Waals surface area (Å²) in [6.07, 6.45) is 0.607. The minimum atomic E-state index is -0.840. The van der Waals surface area contributed by atoms with Gasteiger partial charge in [0, 0.05) is 19.7 Å². The van der Waals surface area contributed by atoms with Crippen LogP contribution in [0.2, 0.25) is 0 Å². The first-order chi connectivity index (χ1) is 15.0. The minimum absolute atomic E-state index is 0.0406. The SMILES string of the molecule is COCCNC(=O)/C(C#N)=C/c1ccc(OC(=O)C(C)Oc2cccc(OC)c2)cc1. The molecule has 0 saturated heterocycles. The second-order valence-electron chi connectivity index (χ2n) is 6.35. The van der Waals surface area contributed by atoms with Crippen molar-refractivity contribution in [3.05, 3.63) is 59.7 Å². The van der Waals surface area contributed by atoms with Gasteiger partial charge in [0.1, 0.15) is 28.9 Å². The van der Waals surface area contributed by atoms with Crippen LogP contribution in [0.25, 0.3) is 6.08 Å². The molecule has 8 heteroatoms. The maximum atomic E-state index is 12.3. The number of carbonyl (C=O) groups is 2. The number of benzene rings is 2. The predicted octanol–water partition coefficient (Wildman–Crippen LogP) is 2.74. The Morgan fingerprint density at radius 3 is 2.45 bits per heavy atom. The third kappa shape index (κ3) is 7.49. The average Bonchev–Trinajstić information content (AvgIpc) is 2.78. The maximum absolute atomic E-state index is 12.3. The number of nitrogens with one attached hydrogen (secondary N) is 1. The van der Waals surface area contributed by atoms with Crippen molar-refractivity contribution in [3.8, 4) is 23.3 Å². The number of amides is 1. The van der Waals surface area contributed by atoms with E-state index in [2.05, 4.69) is 5.32 Å². The lowest BCUT2D eigenvalue weighted by Crippen LogP contribution is -2.28. The fourth-order valence-electron chi connectivity index (χ4n) is 2.44. The van der Waals surface area contributed by atoms with E-state index < -0.39 is 18.0 Å². The topological polar surface area (TPSA) is 107 Å². The Balaban J connectivity index is 1.96. The summed E-state index contributed by atoms with van der Waals surface area (Å²) >= 11 is 0. The summed E-state index contributed by atoms with van der Waals surface area (Å²) in [5.74, 6) is 0.356. The minimum Gasteiger partial charge on any atom is -0.497 e. The molecule has 162 valence electrons. The molecule has 1 atom stereocenters. The Morgan fingerprint density at radius 2 is 1.81 bits per heavy atom. The monoisotopic (exact) mass is 424 g/mol. The molecule has 31 heavy (non-hydrogen) atoms. The van der Waals surface area contributed by atoms with Crippen LogP contribution >= 0.6 is 0 Å². The fraction of sp³-hybridized carbons (Fsp3) is 0.261. The number of nitrogens with zero attached hydrogens (tertiary/aromatic N) is 1. The summed E-state index contributed by atoms with van der Waals surface area (Å²) < 4.78 is 20.9. The molecule has 0 heterocycles. The number of hydrogen-bond donors (Lipinski definition) is 1. The molecule has 0 aliphatic carbocycles. The molecule has 1 unspecified atom stereocenters. The van der Waals surface area contributed by atoms with E-state index in [9.17, 15) is 14.9 Å². The van der Waals surface area contributed by atoms with E-state index in [1.165, 1.54) is 13.2 Å². The van der Waals surface area contributed by atoms with Gasteiger partial charge in [0.15, 0.2) is 6.10 Å². The summed E-state index contributed by atoms with van der Waals surface area (Å²) in [4.78, 5) is 24.3. The van der Waals surface area contributed by atoms with E-state index in [1.807, 2.05) is 6.07 Å². The molecule has 1 N–H and O–H groups in total. The number of ether oxygens (including phenoxy) is 4. The summed E-state index contributed by atoms with van der Waals surface area (Å²) in [6, 6.07) is 15.2. The van der Waals surface area contributed by atoms with Crippen LogP contribution in [0.3, 0.4) is 0 Å². The quantitative estimate of drug-likeness (QED) is 0.205. The smallest absolute Gasteiger partial charge is 0.352 e. The third-order valence-electron chi connectivity index (χ3n) is 4.05. The van der Waals surface area contributed by atoms with Gasteiger partial charge < -0.3 is 24.3 Å². The molecule has 2 aromatic rings. The number of hydrogen-bond acceptors (Lipinski definition) is 7. The molecule has 2 aromatic carbocycles. The number of methoxy groups -OCH3 is 2. The second-order valence-corrected chi connectivity index (χ2v) is 6.35. The van der Waals surface area contributed by atoms with E-state index in [4.69, 9.17) is 18.9 Å². The van der Waals surface area contributed by atoms with Crippen molar-refractivity contribution in [2.45, 2.75) is 13.0 Å². The van der Waals surface area contributed by atoms with Crippen LogP contribution < -0.4 is 19.5 Å². The van der Waals surface area contributed by atoms with Crippen molar-refractivity contribution in [2.24, 2.45) is 0 Å². The zero-order chi connectivity index (χ0) is 22.6. The highest BCUT2D eigenvalue weighted by Crippen LogP contribution is 2.21. The lowest BCUT2D eigenvalue weighted by atomic mass is 10.1. The Morgan fingerprint density at radius 1 is 1.10 bits per heavy atom. The standard InChI is InChI=1S/C23H24N2O6/c1-16(30-21-6-4-5-20(14-21)29-3)23(27)31-19-9-7-17(8-10-19)13-18(15-24)22(26)25-11-12-28-2/h4-10,13-14,16H,11-12H2,1-3H3,(H,25,26)/b18-13+. The zero-order valence-corrected chi connectivity index (χ0v) is 17.6. The van der Waals surface area contributed by atoms with E-state index in [1.54, 1.807) is 62.6 Å². The van der Waals surface area contributed by atoms with Gasteiger partial charge in [-0.1, -0.05) is 18.2 Å². The van der Waals surface area contributed by atoms with Gasteiger partial charge in [0.25, 0.3) is 5.91 Å². The van der Waals surface area contributed by atoms with Crippen molar-refractivity contribution >= 4 is 18.0 Å². The molecule has 0 saturated carbocycles. The first-order valence-electron chi connectivity index (χ1n) is 9.48. The van der Waals surface area contributed by atoms with Crippen LogP contribution in [0.4, 0.5) is 0 Å². The van der Waals surface area contributed by atoms with Crippen LogP contribution in [0, 0.1) is 11.3 Å². The Kier molecular flexibility index (Phi) is 9.08. The Labute approximate surface area is 181 Å². The Bertz CT molecular complexity index is 963. The molecule has 1 amide bonds. The van der Waals surface area contributed by atoms with Gasteiger partial charge in [-0.2, -0.15) is 5.26 Å². The second kappa shape index (κ2) is 12.0. The number of esters is 1. The van der Waals surface area contributed by atoms with Gasteiger partial charge in [-0.3, -0.25) is 4.79 Å². The van der Waals surface area contributed by atoms with Gasteiger partial charge in [-0.25, -0.2) is 4.79 Å². The first-order valence-corrected chi connectivity index (χ1v) is 9.48. The van der Waals surface area contributed by atoms with Crippen molar-refractivity contribution in [3.63, 3.8) is 0 Å². The van der Waals surface area contributed by atoms with Crippen LogP contribution in [-0.4, -0.2) is 45.4 Å². The van der Waals surface area contributed by atoms with Gasteiger partial charge in [-0.05, 0) is 42.8 Å². The normalized spacial score (nSPS) is 11.7. The largest absolute Gasteiger partial charge is 0.497 e. The summed E-state index contributed by atoms with van der Waals surface area (Å²) in [5, 5.41) is 11.8. The van der Waals surface area contributed by atoms with E-state index in [0.717, 1.165) is 0 Å². The van der Waals surface area contributed by atoms with Crippen LogP contribution in [-0.2, 0) is 14.3 Å². The van der Waals surface area contributed by atoms with E-state index in [-0.39, 0.29) is 5.57 Å². The van der Waals surface area contributed by atoms with Gasteiger partial charge in [0.05, 0.1) is 13.7 Å². The average molecular weight is 424 g/mol. The van der Waals surface area contributed by atoms with E-state index >= 15 is 0 Å². The summed E-state index contributed by atoms with van der Waals surface area (Å²) in [6.45, 7) is 2.24. The molecule has 0 radical (unpaired) electrons. The number of nitriles is 1. The fourth-order valence-corrected chi connectivity index (χ4v) is 2.44. The lowest BCUT2D eigenvalue weighted by molar-refractivity contribution is -0.141. The number of carbonyl (C=O) groups excluding carboxylic acids is 2. The zero-order valence-electron chi connectivity index (χ0n) is 17.6. The molecular weight excluding hydrogens is 400 g/mol. The predicted molar refractivity (Wildman–Crippen MR) is 114 cm³/mol. The van der Waals surface area contributed by atoms with Gasteiger partial charge >= 0.3 is 5.97 Å². The molecule has 8 nitrogen and oxygen atoms in total. The van der Waals surface area contributed by atoms with Crippen molar-refractivity contribution < 1.29 is 28.5 Å². The summed E-state index contributed by atoms with van der Waals surface area (Å²) in [5.41, 5.74) is 0.570. The van der Waals surface area contributed by atoms with Crippen molar-refractivity contribution in [2.75, 3.05) is 27.4 Å². The molecular formula is C23H24N2O6. The van der Waals surface area contributed by atoms with E-state index in [0.29, 0.717) is 36.0 Å². The molecule has 0 aliphatic rings. The van der Waals surface area contributed by atoms with Crippen molar-refractivity contribution in [1.82, 2.24) is 5.32 Å².